The van der Waals surface area contributed by atoms with E-state index >= 15 is 0 Å². The van der Waals surface area contributed by atoms with Crippen molar-refractivity contribution in [1.29, 1.82) is 0 Å². The van der Waals surface area contributed by atoms with Crippen molar-refractivity contribution in [3.05, 3.63) is 24.3 Å². The number of hydrogen-bond donors (Lipinski definition) is 1. The van der Waals surface area contributed by atoms with E-state index in [0.29, 0.717) is 12.8 Å². The predicted molar refractivity (Wildman–Crippen MR) is 73.6 cm³/mol. The van der Waals surface area contributed by atoms with Gasteiger partial charge >= 0.3 is 6.18 Å². The minimum atomic E-state index is -4.02. The van der Waals surface area contributed by atoms with Gasteiger partial charge in [0.15, 0.2) is 0 Å². The van der Waals surface area contributed by atoms with Crippen molar-refractivity contribution in [2.45, 2.75) is 42.8 Å². The van der Waals surface area contributed by atoms with Gasteiger partial charge in [0.1, 0.15) is 0 Å². The number of halogens is 3. The van der Waals surface area contributed by atoms with Crippen LogP contribution < -0.4 is 5.32 Å². The molecule has 0 radical (unpaired) electrons. The van der Waals surface area contributed by atoms with E-state index in [-0.39, 0.29) is 18.9 Å². The van der Waals surface area contributed by atoms with Crippen molar-refractivity contribution in [1.82, 2.24) is 0 Å². The van der Waals surface area contributed by atoms with Crippen LogP contribution in [0.3, 0.4) is 0 Å². The third-order valence-corrected chi connectivity index (χ3v) is 4.39. The minimum absolute atomic E-state index is 0.165. The summed E-state index contributed by atoms with van der Waals surface area (Å²) in [5, 5.41) is 3.33. The molecule has 0 spiro atoms. The van der Waals surface area contributed by atoms with Crippen LogP contribution in [-0.2, 0) is 0 Å². The van der Waals surface area contributed by atoms with E-state index in [9.17, 15) is 13.2 Å². The molecule has 0 unspecified atom stereocenters. The molecule has 0 atom stereocenters. The van der Waals surface area contributed by atoms with E-state index in [1.54, 1.807) is 11.8 Å². The molecule has 1 fully saturated rings. The summed E-state index contributed by atoms with van der Waals surface area (Å²) in [5.41, 5.74) is 0.994. The first kappa shape index (κ1) is 14.6. The first-order valence-electron chi connectivity index (χ1n) is 6.46. The Kier molecular flexibility index (Phi) is 4.66. The summed E-state index contributed by atoms with van der Waals surface area (Å²) in [6.07, 6.45) is -0.344. The van der Waals surface area contributed by atoms with Crippen LogP contribution in [0.25, 0.3) is 0 Å². The topological polar surface area (TPSA) is 12.0 Å². The molecule has 0 amide bonds. The number of nitrogens with one attached hydrogen (secondary N) is 1. The van der Waals surface area contributed by atoms with Crippen LogP contribution in [0.2, 0.25) is 0 Å². The van der Waals surface area contributed by atoms with Gasteiger partial charge in [-0.3, -0.25) is 0 Å². The Morgan fingerprint density at radius 1 is 1.05 bits per heavy atom. The summed E-state index contributed by atoms with van der Waals surface area (Å²) in [5.74, 6) is -1.11. The Morgan fingerprint density at radius 3 is 2.11 bits per heavy atom. The molecule has 5 heteroatoms. The third-order valence-electron chi connectivity index (χ3n) is 3.65. The van der Waals surface area contributed by atoms with Crippen LogP contribution in [0.1, 0.15) is 25.7 Å². The molecule has 0 saturated heterocycles. The molecular formula is C14H18F3NS. The van der Waals surface area contributed by atoms with Crippen LogP contribution in [0.4, 0.5) is 18.9 Å². The van der Waals surface area contributed by atoms with Crippen molar-refractivity contribution in [3.8, 4) is 0 Å². The lowest BCUT2D eigenvalue weighted by Crippen LogP contribution is -2.32. The maximum absolute atomic E-state index is 12.6. The summed E-state index contributed by atoms with van der Waals surface area (Å²) in [6, 6.07) is 8.19. The largest absolute Gasteiger partial charge is 0.391 e. The molecule has 0 heterocycles. The fourth-order valence-corrected chi connectivity index (χ4v) is 2.90. The van der Waals surface area contributed by atoms with Gasteiger partial charge in [0.25, 0.3) is 0 Å². The fraction of sp³-hybridized carbons (Fsp3) is 0.571. The van der Waals surface area contributed by atoms with Crippen molar-refractivity contribution in [2.75, 3.05) is 11.6 Å². The summed E-state index contributed by atoms with van der Waals surface area (Å²) >= 11 is 1.67. The van der Waals surface area contributed by atoms with Crippen LogP contribution >= 0.6 is 11.8 Å². The van der Waals surface area contributed by atoms with Crippen molar-refractivity contribution in [2.24, 2.45) is 5.92 Å². The smallest absolute Gasteiger partial charge is 0.382 e. The number of anilines is 1. The Bertz CT molecular complexity index is 394. The molecule has 0 aliphatic heterocycles. The second kappa shape index (κ2) is 6.07. The van der Waals surface area contributed by atoms with E-state index in [2.05, 4.69) is 5.32 Å². The molecule has 1 aliphatic carbocycles. The molecule has 1 N–H and O–H groups in total. The Hall–Kier alpha value is -0.840. The highest BCUT2D eigenvalue weighted by molar-refractivity contribution is 7.98. The normalized spacial score (nSPS) is 24.2. The monoisotopic (exact) mass is 289 g/mol. The number of alkyl halides is 3. The second-order valence-corrected chi connectivity index (χ2v) is 5.84. The van der Waals surface area contributed by atoms with Gasteiger partial charge in [-0.25, -0.2) is 0 Å². The van der Waals surface area contributed by atoms with E-state index in [4.69, 9.17) is 0 Å². The van der Waals surface area contributed by atoms with Gasteiger partial charge in [0.05, 0.1) is 5.92 Å². The van der Waals surface area contributed by atoms with Gasteiger partial charge in [-0.1, -0.05) is 0 Å². The van der Waals surface area contributed by atoms with Gasteiger partial charge in [-0.05, 0) is 56.2 Å². The van der Waals surface area contributed by atoms with Crippen LogP contribution in [0.15, 0.2) is 29.2 Å². The van der Waals surface area contributed by atoms with Crippen molar-refractivity contribution in [3.63, 3.8) is 0 Å². The fourth-order valence-electron chi connectivity index (χ4n) is 2.49. The predicted octanol–water partition coefficient (Wildman–Crippen LogP) is 4.94. The number of thioether (sulfide) groups is 1. The molecule has 1 saturated carbocycles. The lowest BCUT2D eigenvalue weighted by atomic mass is 9.85. The highest BCUT2D eigenvalue weighted by Gasteiger charge is 2.41. The third kappa shape index (κ3) is 4.06. The molecule has 19 heavy (non-hydrogen) atoms. The highest BCUT2D eigenvalue weighted by atomic mass is 32.2. The lowest BCUT2D eigenvalue weighted by molar-refractivity contribution is -0.182. The van der Waals surface area contributed by atoms with Crippen molar-refractivity contribution < 1.29 is 13.2 Å². The molecule has 106 valence electrons. The molecule has 2 rings (SSSR count). The summed E-state index contributed by atoms with van der Waals surface area (Å²) in [7, 11) is 0. The average Bonchev–Trinajstić information content (AvgIpc) is 2.39. The zero-order valence-corrected chi connectivity index (χ0v) is 11.7. The maximum Gasteiger partial charge on any atom is 0.391 e. The second-order valence-electron chi connectivity index (χ2n) is 4.96. The van der Waals surface area contributed by atoms with Crippen LogP contribution in [0, 0.1) is 5.92 Å². The minimum Gasteiger partial charge on any atom is -0.382 e. The Labute approximate surface area is 116 Å². The van der Waals surface area contributed by atoms with Crippen LogP contribution in [0.5, 0.6) is 0 Å². The average molecular weight is 289 g/mol. The standard InChI is InChI=1S/C14H18F3NS/c1-19-13-8-6-12(7-9-13)18-11-4-2-10(3-5-11)14(15,16)17/h6-11,18H,2-5H2,1H3. The molecular weight excluding hydrogens is 271 g/mol. The SMILES string of the molecule is CSc1ccc(NC2CCC(C(F)(F)F)CC2)cc1. The Balaban J connectivity index is 1.85. The van der Waals surface area contributed by atoms with E-state index in [0.717, 1.165) is 5.69 Å². The Morgan fingerprint density at radius 2 is 1.63 bits per heavy atom. The van der Waals surface area contributed by atoms with Gasteiger partial charge in [0.2, 0.25) is 0 Å². The number of benzene rings is 1. The first-order chi connectivity index (χ1) is 8.99. The van der Waals surface area contributed by atoms with Crippen LogP contribution in [-0.4, -0.2) is 18.5 Å². The van der Waals surface area contributed by atoms with Gasteiger partial charge in [0, 0.05) is 16.6 Å². The molecule has 0 aromatic heterocycles. The quantitative estimate of drug-likeness (QED) is 0.791. The lowest BCUT2D eigenvalue weighted by Gasteiger charge is -2.30. The zero-order chi connectivity index (χ0) is 13.9. The zero-order valence-electron chi connectivity index (χ0n) is 10.8. The molecule has 0 bridgehead atoms. The van der Waals surface area contributed by atoms with Crippen molar-refractivity contribution >= 4 is 17.4 Å². The summed E-state index contributed by atoms with van der Waals surface area (Å²) in [6.45, 7) is 0. The van der Waals surface area contributed by atoms with E-state index in [1.165, 1.54) is 4.90 Å². The highest BCUT2D eigenvalue weighted by Crippen LogP contribution is 2.38. The number of rotatable bonds is 3. The molecule has 1 aromatic carbocycles. The molecule has 1 aromatic rings. The van der Waals surface area contributed by atoms with E-state index < -0.39 is 12.1 Å². The molecule has 1 aliphatic rings. The first-order valence-corrected chi connectivity index (χ1v) is 7.69. The number of hydrogen-bond acceptors (Lipinski definition) is 2. The van der Waals surface area contributed by atoms with Gasteiger partial charge < -0.3 is 5.32 Å². The molecule has 1 nitrogen and oxygen atoms in total. The summed E-state index contributed by atoms with van der Waals surface area (Å²) in [4.78, 5) is 1.19. The van der Waals surface area contributed by atoms with Gasteiger partial charge in [-0.2, -0.15) is 13.2 Å². The van der Waals surface area contributed by atoms with E-state index in [1.807, 2.05) is 30.5 Å². The van der Waals surface area contributed by atoms with Gasteiger partial charge in [-0.15, -0.1) is 11.8 Å². The summed E-state index contributed by atoms with van der Waals surface area (Å²) < 4.78 is 37.7. The maximum atomic E-state index is 12.6.